The Balaban J connectivity index is 1.52. The number of aromatic amines is 1. The van der Waals surface area contributed by atoms with Gasteiger partial charge in [0.15, 0.2) is 0 Å². The molecule has 174 valence electrons. The second kappa shape index (κ2) is 10.4. The number of hydrogen-bond donors (Lipinski definition) is 4. The molecule has 0 saturated carbocycles. The second-order valence-corrected chi connectivity index (χ2v) is 9.24. The maximum Gasteiger partial charge on any atom is 0.317 e. The predicted octanol–water partition coefficient (Wildman–Crippen LogP) is 4.70. The van der Waals surface area contributed by atoms with Gasteiger partial charge in [0.1, 0.15) is 0 Å². The summed E-state index contributed by atoms with van der Waals surface area (Å²) in [5.74, 6) is 0.0270. The van der Waals surface area contributed by atoms with Crippen molar-refractivity contribution in [2.75, 3.05) is 26.2 Å². The number of piperidine rings is 1. The number of nitrogens with zero attached hydrogens (tertiary/aromatic N) is 1. The molecule has 2 unspecified atom stereocenters. The van der Waals surface area contributed by atoms with E-state index in [9.17, 15) is 9.59 Å². The van der Waals surface area contributed by atoms with E-state index in [1.807, 2.05) is 36.5 Å². The van der Waals surface area contributed by atoms with Gasteiger partial charge in [-0.15, -0.1) is 0 Å². The summed E-state index contributed by atoms with van der Waals surface area (Å²) >= 11 is 12.7. The third-order valence-electron chi connectivity index (χ3n) is 6.16. The summed E-state index contributed by atoms with van der Waals surface area (Å²) in [6.07, 6.45) is 3.80. The van der Waals surface area contributed by atoms with Crippen LogP contribution in [0.15, 0.2) is 48.7 Å². The number of nitrogens with two attached hydrogens (primary N) is 1. The van der Waals surface area contributed by atoms with E-state index in [0.717, 1.165) is 34.9 Å². The molecule has 9 heteroatoms. The standard InChI is InChI=1S/C24H27Cl2N5O2/c25-16-7-8-17(21(26)10-16)19(20-12-28-22-6-2-1-5-18(20)22)13-30-24(33)31-9-3-4-15(14-31)11-29-23(27)32/h1-2,5-8,10,12,15,19,28H,3-4,9,11,13-14H2,(H,30,33)(H3,27,29,32). The zero-order valence-corrected chi connectivity index (χ0v) is 19.6. The fourth-order valence-corrected chi connectivity index (χ4v) is 5.06. The third-order valence-corrected chi connectivity index (χ3v) is 6.73. The molecule has 1 aromatic heterocycles. The second-order valence-electron chi connectivity index (χ2n) is 8.39. The smallest absolute Gasteiger partial charge is 0.317 e. The Morgan fingerprint density at radius 1 is 1.15 bits per heavy atom. The van der Waals surface area contributed by atoms with Gasteiger partial charge in [0.05, 0.1) is 0 Å². The van der Waals surface area contributed by atoms with Gasteiger partial charge >= 0.3 is 12.1 Å². The van der Waals surface area contributed by atoms with Crippen molar-refractivity contribution < 1.29 is 9.59 Å². The summed E-state index contributed by atoms with van der Waals surface area (Å²) in [5.41, 5.74) is 8.16. The van der Waals surface area contributed by atoms with Crippen molar-refractivity contribution in [1.29, 1.82) is 0 Å². The van der Waals surface area contributed by atoms with Gasteiger partial charge in [-0.3, -0.25) is 0 Å². The van der Waals surface area contributed by atoms with E-state index in [4.69, 9.17) is 28.9 Å². The van der Waals surface area contributed by atoms with Crippen LogP contribution in [0.5, 0.6) is 0 Å². The normalized spacial score (nSPS) is 17.0. The number of benzene rings is 2. The summed E-state index contributed by atoms with van der Waals surface area (Å²) in [4.78, 5) is 29.2. The molecule has 33 heavy (non-hydrogen) atoms. The monoisotopic (exact) mass is 487 g/mol. The molecular weight excluding hydrogens is 461 g/mol. The first kappa shape index (κ1) is 23.3. The number of rotatable bonds is 6. The summed E-state index contributed by atoms with van der Waals surface area (Å²) in [6, 6.07) is 12.8. The summed E-state index contributed by atoms with van der Waals surface area (Å²) in [6.45, 7) is 2.10. The van der Waals surface area contributed by atoms with E-state index < -0.39 is 6.03 Å². The summed E-state index contributed by atoms with van der Waals surface area (Å²) < 4.78 is 0. The molecule has 2 atom stereocenters. The van der Waals surface area contributed by atoms with Crippen molar-refractivity contribution in [3.63, 3.8) is 0 Å². The molecule has 4 amide bonds. The van der Waals surface area contributed by atoms with Gasteiger partial charge in [-0.1, -0.05) is 47.5 Å². The molecule has 0 bridgehead atoms. The lowest BCUT2D eigenvalue weighted by Crippen LogP contribution is -2.48. The van der Waals surface area contributed by atoms with Crippen LogP contribution in [0.2, 0.25) is 10.0 Å². The van der Waals surface area contributed by atoms with Gasteiger partial charge in [-0.2, -0.15) is 0 Å². The van der Waals surface area contributed by atoms with Gasteiger partial charge in [-0.25, -0.2) is 9.59 Å². The zero-order valence-electron chi connectivity index (χ0n) is 18.1. The highest BCUT2D eigenvalue weighted by Gasteiger charge is 2.26. The molecule has 4 rings (SSSR count). The van der Waals surface area contributed by atoms with Crippen LogP contribution >= 0.6 is 23.2 Å². The van der Waals surface area contributed by atoms with Crippen molar-refractivity contribution in [2.45, 2.75) is 18.8 Å². The highest BCUT2D eigenvalue weighted by atomic mass is 35.5. The van der Waals surface area contributed by atoms with Crippen molar-refractivity contribution in [3.8, 4) is 0 Å². The lowest BCUT2D eigenvalue weighted by atomic mass is 9.90. The van der Waals surface area contributed by atoms with Crippen molar-refractivity contribution in [2.24, 2.45) is 11.7 Å². The number of hydrogen-bond acceptors (Lipinski definition) is 2. The van der Waals surface area contributed by atoms with Gasteiger partial charge in [0, 0.05) is 59.2 Å². The number of nitrogens with one attached hydrogen (secondary N) is 3. The first-order chi connectivity index (χ1) is 15.9. The predicted molar refractivity (Wildman–Crippen MR) is 132 cm³/mol. The molecule has 0 spiro atoms. The van der Waals surface area contributed by atoms with Crippen LogP contribution in [0.25, 0.3) is 10.9 Å². The number of primary amides is 1. The average Bonchev–Trinajstić information content (AvgIpc) is 3.23. The Labute approximate surface area is 202 Å². The molecular formula is C24H27Cl2N5O2. The van der Waals surface area contributed by atoms with Crippen molar-refractivity contribution in [1.82, 2.24) is 20.5 Å². The Hall–Kier alpha value is -2.90. The first-order valence-electron chi connectivity index (χ1n) is 11.0. The largest absolute Gasteiger partial charge is 0.361 e. The van der Waals surface area contributed by atoms with Crippen LogP contribution in [0.4, 0.5) is 9.59 Å². The fraction of sp³-hybridized carbons (Fsp3) is 0.333. The van der Waals surface area contributed by atoms with E-state index in [0.29, 0.717) is 36.2 Å². The number of para-hydroxylation sites is 1. The van der Waals surface area contributed by atoms with Gasteiger partial charge in [0.2, 0.25) is 0 Å². The van der Waals surface area contributed by atoms with E-state index >= 15 is 0 Å². The topological polar surface area (TPSA) is 103 Å². The average molecular weight is 488 g/mol. The number of urea groups is 2. The van der Waals surface area contributed by atoms with E-state index in [1.165, 1.54) is 0 Å². The number of H-pyrrole nitrogens is 1. The van der Waals surface area contributed by atoms with Gasteiger partial charge in [-0.05, 0) is 48.1 Å². The fourth-order valence-electron chi connectivity index (χ4n) is 4.52. The minimum absolute atomic E-state index is 0.131. The quantitative estimate of drug-likeness (QED) is 0.404. The Kier molecular flexibility index (Phi) is 7.30. The van der Waals surface area contributed by atoms with Crippen molar-refractivity contribution in [3.05, 3.63) is 69.8 Å². The molecule has 1 saturated heterocycles. The highest BCUT2D eigenvalue weighted by molar-refractivity contribution is 6.35. The number of aromatic nitrogens is 1. The Bertz CT molecular complexity index is 1150. The lowest BCUT2D eigenvalue weighted by molar-refractivity contribution is 0.164. The molecule has 7 nitrogen and oxygen atoms in total. The van der Waals surface area contributed by atoms with Crippen LogP contribution in [-0.4, -0.2) is 48.1 Å². The number of carbonyl (C=O) groups is 2. The Morgan fingerprint density at radius 2 is 1.97 bits per heavy atom. The van der Waals surface area contributed by atoms with Crippen LogP contribution in [0.1, 0.15) is 29.9 Å². The van der Waals surface area contributed by atoms with E-state index in [2.05, 4.69) is 21.7 Å². The summed E-state index contributed by atoms with van der Waals surface area (Å²) in [5, 5.41) is 7.95. The molecule has 2 heterocycles. The molecule has 2 aromatic carbocycles. The minimum Gasteiger partial charge on any atom is -0.361 e. The number of halogens is 2. The van der Waals surface area contributed by atoms with Crippen LogP contribution < -0.4 is 16.4 Å². The maximum absolute atomic E-state index is 13.0. The van der Waals surface area contributed by atoms with Crippen LogP contribution in [0, 0.1) is 5.92 Å². The molecule has 1 fully saturated rings. The van der Waals surface area contributed by atoms with Crippen molar-refractivity contribution >= 4 is 46.2 Å². The van der Waals surface area contributed by atoms with E-state index in [1.54, 1.807) is 11.0 Å². The number of fused-ring (bicyclic) bond motifs is 1. The number of likely N-dealkylation sites (tertiary alicyclic amines) is 1. The first-order valence-corrected chi connectivity index (χ1v) is 11.7. The Morgan fingerprint density at radius 3 is 2.76 bits per heavy atom. The number of carbonyl (C=O) groups excluding carboxylic acids is 2. The van der Waals surface area contributed by atoms with Crippen LogP contribution in [-0.2, 0) is 0 Å². The third kappa shape index (κ3) is 5.54. The minimum atomic E-state index is -0.544. The molecule has 5 N–H and O–H groups in total. The summed E-state index contributed by atoms with van der Waals surface area (Å²) in [7, 11) is 0. The zero-order chi connectivity index (χ0) is 23.4. The lowest BCUT2D eigenvalue weighted by Gasteiger charge is -2.33. The van der Waals surface area contributed by atoms with Crippen LogP contribution in [0.3, 0.4) is 0 Å². The molecule has 3 aromatic rings. The molecule has 1 aliphatic heterocycles. The molecule has 0 radical (unpaired) electrons. The molecule has 1 aliphatic rings. The highest BCUT2D eigenvalue weighted by Crippen LogP contribution is 2.35. The van der Waals surface area contributed by atoms with E-state index in [-0.39, 0.29) is 17.9 Å². The van der Waals surface area contributed by atoms with Gasteiger partial charge in [0.25, 0.3) is 0 Å². The maximum atomic E-state index is 13.0. The van der Waals surface area contributed by atoms with Gasteiger partial charge < -0.3 is 26.3 Å². The SMILES string of the molecule is NC(=O)NCC1CCCN(C(=O)NCC(c2ccc(Cl)cc2Cl)c2c[nH]c3ccccc23)C1. The number of amides is 4. The molecule has 0 aliphatic carbocycles.